The molecule has 0 saturated heterocycles. The van der Waals surface area contributed by atoms with Crippen LogP contribution in [-0.2, 0) is 38.8 Å². The largest absolute Gasteiger partial charge is 0 e. The van der Waals surface area contributed by atoms with E-state index in [1.165, 1.54) is 0 Å². The molecule has 0 unspecified atom stereocenters. The van der Waals surface area contributed by atoms with Gasteiger partial charge in [-0.3, -0.25) is 0 Å². The van der Waals surface area contributed by atoms with Crippen molar-refractivity contribution in [2.45, 2.75) is 0 Å². The Hall–Kier alpha value is 3.34. The Morgan fingerprint density at radius 3 is 1.00 bits per heavy atom. The molecular weight excluding hydrogens is 268 g/mol. The summed E-state index contributed by atoms with van der Waals surface area (Å²) in [6, 6.07) is 0. The van der Waals surface area contributed by atoms with Crippen LogP contribution in [0.4, 0.5) is 0 Å². The molecule has 22 valence electrons. The van der Waals surface area contributed by atoms with Crippen molar-refractivity contribution in [1.82, 2.24) is 0 Å². The molecule has 0 atom stereocenters. The third-order valence-corrected chi connectivity index (χ3v) is 0. The molecule has 4 heavy (non-hydrogen) atoms. The predicted molar refractivity (Wildman–Crippen MR) is 18.5 cm³/mol. The van der Waals surface area contributed by atoms with Gasteiger partial charge in [-0.25, -0.2) is 0 Å². The zero-order valence-corrected chi connectivity index (χ0v) is 3.52. The first-order valence-corrected chi connectivity index (χ1v) is 0. The van der Waals surface area contributed by atoms with Gasteiger partial charge in [-0.05, 0) is 0 Å². The van der Waals surface area contributed by atoms with E-state index in [4.69, 9.17) is 0 Å². The van der Waals surface area contributed by atoms with Crippen LogP contribution in [0, 0.1) is 0 Å². The zero-order valence-electron chi connectivity index (χ0n) is 0.854. The van der Waals surface area contributed by atoms with Crippen LogP contribution in [0.25, 0.3) is 0 Å². The van der Waals surface area contributed by atoms with Gasteiger partial charge in [0.15, 0.2) is 17.4 Å². The van der Waals surface area contributed by atoms with Gasteiger partial charge in [0.25, 0.3) is 0 Å². The van der Waals surface area contributed by atoms with E-state index in [-0.39, 0.29) is 105 Å². The number of hydrogen-bond acceptors (Lipinski definition) is 0. The molecule has 0 saturated carbocycles. The van der Waals surface area contributed by atoms with Crippen LogP contribution in [0.15, 0.2) is 0 Å². The van der Waals surface area contributed by atoms with Crippen molar-refractivity contribution in [3.05, 3.63) is 0 Å². The first kappa shape index (κ1) is 26.5. The fraction of sp³-hybridized carbons (Fsp3) is 0. The van der Waals surface area contributed by atoms with E-state index in [1.807, 2.05) is 0 Å². The van der Waals surface area contributed by atoms with Crippen molar-refractivity contribution in [2.24, 2.45) is 0 Å². The molecule has 0 aliphatic rings. The molecule has 0 N–H and O–H groups in total. The third-order valence-electron chi connectivity index (χ3n) is 0. The van der Waals surface area contributed by atoms with E-state index in [0.29, 0.717) is 0 Å². The molecule has 0 amide bonds. The van der Waals surface area contributed by atoms with Gasteiger partial charge in [0.2, 0.25) is 0 Å². The van der Waals surface area contributed by atoms with E-state index in [1.54, 1.807) is 0 Å². The summed E-state index contributed by atoms with van der Waals surface area (Å²) in [5.41, 5.74) is 0. The zero-order chi connectivity index (χ0) is 0. The maximum Gasteiger partial charge on any atom is 0 e. The van der Waals surface area contributed by atoms with Crippen LogP contribution in [0.2, 0.25) is 0 Å². The molecule has 0 fully saturated rings. The minimum absolute atomic E-state index is 0. The van der Waals surface area contributed by atoms with Crippen molar-refractivity contribution in [3.63, 3.8) is 0 Å². The molecule has 0 aromatic rings. The summed E-state index contributed by atoms with van der Waals surface area (Å²) >= 11 is 0. The Kier molecular flexibility index (Phi) is 107. The van der Waals surface area contributed by atoms with E-state index < -0.39 is 0 Å². The van der Waals surface area contributed by atoms with Crippen molar-refractivity contribution < 1.29 is 38.8 Å². The summed E-state index contributed by atoms with van der Waals surface area (Å²) in [6.07, 6.45) is 0. The molecule has 0 aliphatic carbocycles. The van der Waals surface area contributed by atoms with Gasteiger partial charge >= 0.3 is 48.9 Å². The van der Waals surface area contributed by atoms with Crippen LogP contribution in [0.5, 0.6) is 0 Å². The SMILES string of the molecule is [AlH3].[BaH2].[Fe].[Ti]. The van der Waals surface area contributed by atoms with Crippen LogP contribution in [-0.4, -0.2) is 66.2 Å². The molecule has 0 radical (unpaired) electrons. The molecule has 4 heteroatoms. The third kappa shape index (κ3) is 9.02. The van der Waals surface area contributed by atoms with Crippen LogP contribution in [0.3, 0.4) is 0 Å². The van der Waals surface area contributed by atoms with Crippen molar-refractivity contribution in [3.8, 4) is 0 Å². The topological polar surface area (TPSA) is 0 Å². The average Bonchev–Trinajstić information content (AvgIpc) is 0. The summed E-state index contributed by atoms with van der Waals surface area (Å²) in [4.78, 5) is 0. The van der Waals surface area contributed by atoms with E-state index >= 15 is 0 Å². The fourth-order valence-corrected chi connectivity index (χ4v) is 0. The van der Waals surface area contributed by atoms with Crippen LogP contribution >= 0.6 is 0 Å². The molecule has 0 rings (SSSR count). The fourth-order valence-electron chi connectivity index (χ4n) is 0. The minimum atomic E-state index is 0. The Morgan fingerprint density at radius 1 is 1.00 bits per heavy atom. The Labute approximate surface area is 102 Å². The Bertz CT molecular complexity index is 8.00. The average molecular weight is 273 g/mol. The van der Waals surface area contributed by atoms with E-state index in [9.17, 15) is 0 Å². The van der Waals surface area contributed by atoms with E-state index in [0.717, 1.165) is 0 Å². The molecular formula is H5AlBaFeTi. The molecule has 0 spiro atoms. The van der Waals surface area contributed by atoms with Crippen molar-refractivity contribution >= 4 is 66.2 Å². The van der Waals surface area contributed by atoms with Crippen molar-refractivity contribution in [1.29, 1.82) is 0 Å². The predicted octanol–water partition coefficient (Wildman–Crippen LogP) is -2.11. The van der Waals surface area contributed by atoms with Gasteiger partial charge < -0.3 is 0 Å². The van der Waals surface area contributed by atoms with Gasteiger partial charge in [-0.15, -0.1) is 0 Å². The summed E-state index contributed by atoms with van der Waals surface area (Å²) in [5, 5.41) is 0. The van der Waals surface area contributed by atoms with Gasteiger partial charge in [-0.2, -0.15) is 0 Å². The van der Waals surface area contributed by atoms with Crippen molar-refractivity contribution in [2.75, 3.05) is 0 Å². The first-order chi connectivity index (χ1) is 0. The van der Waals surface area contributed by atoms with Gasteiger partial charge in [0.1, 0.15) is 0 Å². The first-order valence-electron chi connectivity index (χ1n) is 0. The number of rotatable bonds is 0. The van der Waals surface area contributed by atoms with Gasteiger partial charge in [-0.1, -0.05) is 0 Å². The normalized spacial score (nSPS) is 0. The maximum atomic E-state index is 0. The maximum absolute atomic E-state index is 0. The number of hydrogen-bond donors (Lipinski definition) is 0. The summed E-state index contributed by atoms with van der Waals surface area (Å²) in [6.45, 7) is 0. The molecule has 0 nitrogen and oxygen atoms in total. The summed E-state index contributed by atoms with van der Waals surface area (Å²) in [7, 11) is 0. The quantitative estimate of drug-likeness (QED) is 0.443. The minimum Gasteiger partial charge on any atom is 0 e. The molecule has 0 heterocycles. The van der Waals surface area contributed by atoms with Crippen LogP contribution < -0.4 is 0 Å². The standard InChI is InChI=1S/Al.Ba.Fe.Ti.5H. The monoisotopic (exact) mass is 274 g/mol. The second kappa shape index (κ2) is 16.2. The Morgan fingerprint density at radius 2 is 1.00 bits per heavy atom. The van der Waals surface area contributed by atoms with Gasteiger partial charge in [0, 0.05) is 38.8 Å². The second-order valence-electron chi connectivity index (χ2n) is 0. The van der Waals surface area contributed by atoms with Gasteiger partial charge in [0.05, 0.1) is 0 Å². The molecule has 0 aliphatic heterocycles. The molecule has 0 aromatic heterocycles. The molecule has 0 aromatic carbocycles. The molecule has 0 bridgehead atoms. The van der Waals surface area contributed by atoms with Crippen LogP contribution in [0.1, 0.15) is 0 Å². The summed E-state index contributed by atoms with van der Waals surface area (Å²) in [5.74, 6) is 0. The van der Waals surface area contributed by atoms with E-state index in [2.05, 4.69) is 0 Å². The smallest absolute Gasteiger partial charge is 0 e. The second-order valence-corrected chi connectivity index (χ2v) is 0. The summed E-state index contributed by atoms with van der Waals surface area (Å²) < 4.78 is 0. The Balaban J connectivity index is 0.